The molecule has 2 aromatic rings. The fourth-order valence-corrected chi connectivity index (χ4v) is 1.75. The molecule has 0 saturated carbocycles. The molecule has 1 aromatic heterocycles. The van der Waals surface area contributed by atoms with Crippen LogP contribution in [0.3, 0.4) is 0 Å². The van der Waals surface area contributed by atoms with E-state index < -0.39 is 0 Å². The Morgan fingerprint density at radius 3 is 2.67 bits per heavy atom. The summed E-state index contributed by atoms with van der Waals surface area (Å²) >= 11 is 0. The number of nitrogens with zero attached hydrogens (tertiary/aromatic N) is 2. The molecule has 0 spiro atoms. The van der Waals surface area contributed by atoms with Crippen molar-refractivity contribution in [1.82, 2.24) is 9.78 Å². The lowest BCUT2D eigenvalue weighted by Gasteiger charge is -2.07. The third-order valence-corrected chi connectivity index (χ3v) is 2.57. The van der Waals surface area contributed by atoms with E-state index in [2.05, 4.69) is 5.10 Å². The number of rotatable bonds is 2. The molecule has 1 aromatic carbocycles. The smallest absolute Gasteiger partial charge is 0.0681 e. The second kappa shape index (κ2) is 3.87. The minimum atomic E-state index is 0.0898. The Balaban J connectivity index is 2.50. The predicted molar refractivity (Wildman–Crippen MR) is 59.3 cm³/mol. The first-order valence-corrected chi connectivity index (χ1v) is 4.91. The van der Waals surface area contributed by atoms with Crippen LogP contribution in [0.4, 0.5) is 0 Å². The van der Waals surface area contributed by atoms with Gasteiger partial charge in [0.15, 0.2) is 0 Å². The molecule has 1 heterocycles. The van der Waals surface area contributed by atoms with Gasteiger partial charge in [-0.1, -0.05) is 18.2 Å². The zero-order chi connectivity index (χ0) is 10.8. The topological polar surface area (TPSA) is 38.1 Å². The van der Waals surface area contributed by atoms with Gasteiger partial charge in [0.25, 0.3) is 0 Å². The highest BCUT2D eigenvalue weighted by molar-refractivity contribution is 5.64. The summed E-state index contributed by atoms with van der Waals surface area (Å²) in [7, 11) is 1.93. The van der Waals surface area contributed by atoms with Crippen molar-refractivity contribution in [2.24, 2.45) is 7.05 Å². The first kappa shape index (κ1) is 9.93. The quantitative estimate of drug-likeness (QED) is 0.807. The van der Waals surface area contributed by atoms with Crippen LogP contribution in [0, 0.1) is 6.92 Å². The molecule has 2 rings (SSSR count). The van der Waals surface area contributed by atoms with Gasteiger partial charge in [0.2, 0.25) is 0 Å². The summed E-state index contributed by atoms with van der Waals surface area (Å²) in [6.45, 7) is 2.13. The summed E-state index contributed by atoms with van der Waals surface area (Å²) in [5, 5.41) is 13.2. The zero-order valence-electron chi connectivity index (χ0n) is 8.94. The molecule has 0 saturated heterocycles. The molecule has 0 bridgehead atoms. The fraction of sp³-hybridized carbons (Fsp3) is 0.250. The third-order valence-electron chi connectivity index (χ3n) is 2.57. The largest absolute Gasteiger partial charge is 0.392 e. The second-order valence-corrected chi connectivity index (χ2v) is 3.65. The summed E-state index contributed by atoms with van der Waals surface area (Å²) in [5.74, 6) is 0. The molecule has 0 aliphatic carbocycles. The molecule has 1 N–H and O–H groups in total. The van der Waals surface area contributed by atoms with E-state index in [9.17, 15) is 0 Å². The monoisotopic (exact) mass is 202 g/mol. The Bertz CT molecular complexity index is 474. The molecule has 0 unspecified atom stereocenters. The zero-order valence-corrected chi connectivity index (χ0v) is 8.94. The number of aromatic nitrogens is 2. The van der Waals surface area contributed by atoms with E-state index in [1.807, 2.05) is 42.9 Å². The third kappa shape index (κ3) is 1.78. The van der Waals surface area contributed by atoms with Gasteiger partial charge in [-0.2, -0.15) is 5.10 Å². The summed E-state index contributed by atoms with van der Waals surface area (Å²) < 4.78 is 1.85. The maximum atomic E-state index is 9.02. The van der Waals surface area contributed by atoms with Gasteiger partial charge in [0.05, 0.1) is 12.3 Å². The van der Waals surface area contributed by atoms with Crippen molar-refractivity contribution < 1.29 is 5.11 Å². The first-order valence-electron chi connectivity index (χ1n) is 4.91. The van der Waals surface area contributed by atoms with E-state index in [1.165, 1.54) is 0 Å². The number of aryl methyl sites for hydroxylation is 2. The summed E-state index contributed by atoms with van der Waals surface area (Å²) in [6.07, 6.45) is 1.79. The molecule has 0 radical (unpaired) electrons. The highest BCUT2D eigenvalue weighted by atomic mass is 16.3. The molecule has 3 heteroatoms. The average molecular weight is 202 g/mol. The van der Waals surface area contributed by atoms with E-state index in [1.54, 1.807) is 6.20 Å². The van der Waals surface area contributed by atoms with Crippen LogP contribution >= 0.6 is 0 Å². The van der Waals surface area contributed by atoms with Gasteiger partial charge in [-0.15, -0.1) is 0 Å². The van der Waals surface area contributed by atoms with Gasteiger partial charge in [0, 0.05) is 18.8 Å². The van der Waals surface area contributed by atoms with E-state index in [0.29, 0.717) is 0 Å². The molecule has 0 fully saturated rings. The van der Waals surface area contributed by atoms with Crippen LogP contribution in [-0.2, 0) is 13.7 Å². The van der Waals surface area contributed by atoms with E-state index in [4.69, 9.17) is 5.11 Å². The fourth-order valence-electron chi connectivity index (χ4n) is 1.75. The first-order chi connectivity index (χ1) is 7.22. The highest BCUT2D eigenvalue weighted by Gasteiger charge is 2.05. The lowest BCUT2D eigenvalue weighted by Crippen LogP contribution is -1.95. The van der Waals surface area contributed by atoms with E-state index in [-0.39, 0.29) is 6.61 Å². The van der Waals surface area contributed by atoms with Gasteiger partial charge >= 0.3 is 0 Å². The Labute approximate surface area is 89.0 Å². The molecule has 78 valence electrons. The van der Waals surface area contributed by atoms with Gasteiger partial charge in [-0.3, -0.25) is 4.68 Å². The van der Waals surface area contributed by atoms with Crippen molar-refractivity contribution in [3.63, 3.8) is 0 Å². The lowest BCUT2D eigenvalue weighted by atomic mass is 10.0. The van der Waals surface area contributed by atoms with E-state index >= 15 is 0 Å². The molecule has 0 amide bonds. The van der Waals surface area contributed by atoms with Crippen molar-refractivity contribution in [2.75, 3.05) is 0 Å². The standard InChI is InChI=1S/C12H14N2O/c1-9-7-10(8-15)3-4-11(9)12-5-6-13-14(12)2/h3-7,15H,8H2,1-2H3. The van der Waals surface area contributed by atoms with Crippen molar-refractivity contribution >= 4 is 0 Å². The number of benzene rings is 1. The Morgan fingerprint density at radius 1 is 1.33 bits per heavy atom. The second-order valence-electron chi connectivity index (χ2n) is 3.65. The number of hydrogen-bond donors (Lipinski definition) is 1. The molecule has 3 nitrogen and oxygen atoms in total. The molecular weight excluding hydrogens is 188 g/mol. The number of aliphatic hydroxyl groups excluding tert-OH is 1. The molecule has 15 heavy (non-hydrogen) atoms. The van der Waals surface area contributed by atoms with Crippen LogP contribution in [0.15, 0.2) is 30.5 Å². The van der Waals surface area contributed by atoms with Gasteiger partial charge in [-0.25, -0.2) is 0 Å². The SMILES string of the molecule is Cc1cc(CO)ccc1-c1ccnn1C. The maximum Gasteiger partial charge on any atom is 0.0681 e. The van der Waals surface area contributed by atoms with Gasteiger partial charge in [-0.05, 0) is 24.1 Å². The molecule has 0 atom stereocenters. The minimum Gasteiger partial charge on any atom is -0.392 e. The maximum absolute atomic E-state index is 9.02. The number of hydrogen-bond acceptors (Lipinski definition) is 2. The van der Waals surface area contributed by atoms with Crippen molar-refractivity contribution in [3.05, 3.63) is 41.6 Å². The van der Waals surface area contributed by atoms with Crippen molar-refractivity contribution in [3.8, 4) is 11.3 Å². The molecular formula is C12H14N2O. The van der Waals surface area contributed by atoms with Gasteiger partial charge < -0.3 is 5.11 Å². The highest BCUT2D eigenvalue weighted by Crippen LogP contribution is 2.23. The van der Waals surface area contributed by atoms with Crippen LogP contribution in [0.5, 0.6) is 0 Å². The van der Waals surface area contributed by atoms with Crippen molar-refractivity contribution in [1.29, 1.82) is 0 Å². The molecule has 0 aliphatic rings. The summed E-state index contributed by atoms with van der Waals surface area (Å²) in [6, 6.07) is 7.95. The van der Waals surface area contributed by atoms with Crippen LogP contribution in [-0.4, -0.2) is 14.9 Å². The molecule has 0 aliphatic heterocycles. The minimum absolute atomic E-state index is 0.0898. The van der Waals surface area contributed by atoms with Gasteiger partial charge in [0.1, 0.15) is 0 Å². The van der Waals surface area contributed by atoms with Crippen LogP contribution in [0.1, 0.15) is 11.1 Å². The lowest BCUT2D eigenvalue weighted by molar-refractivity contribution is 0.282. The predicted octanol–water partition coefficient (Wildman–Crippen LogP) is 1.89. The van der Waals surface area contributed by atoms with Crippen LogP contribution in [0.2, 0.25) is 0 Å². The Morgan fingerprint density at radius 2 is 2.13 bits per heavy atom. The average Bonchev–Trinajstić information content (AvgIpc) is 2.64. The summed E-state index contributed by atoms with van der Waals surface area (Å²) in [5.41, 5.74) is 4.35. The van der Waals surface area contributed by atoms with Crippen LogP contribution in [0.25, 0.3) is 11.3 Å². The van der Waals surface area contributed by atoms with Crippen LogP contribution < -0.4 is 0 Å². The van der Waals surface area contributed by atoms with E-state index in [0.717, 1.165) is 22.4 Å². The number of aliphatic hydroxyl groups is 1. The normalized spacial score (nSPS) is 10.6. The Hall–Kier alpha value is -1.61. The Kier molecular flexibility index (Phi) is 2.56. The van der Waals surface area contributed by atoms with Crippen molar-refractivity contribution in [2.45, 2.75) is 13.5 Å². The summed E-state index contributed by atoms with van der Waals surface area (Å²) in [4.78, 5) is 0.